The summed E-state index contributed by atoms with van der Waals surface area (Å²) in [5.41, 5.74) is 2.71. The number of hydrogen-bond donors (Lipinski definition) is 0. The molecular weight excluding hydrogens is 394 g/mol. The number of pyridine rings is 1. The van der Waals surface area contributed by atoms with Gasteiger partial charge in [-0.2, -0.15) is 0 Å². The standard InChI is InChI=1S/C24H23N3O4/c28-24-7-10-27(23-15-19(3-6-22(23)24)26-11-9-25-17-26)18-1-4-20(5-2-18)30-13-14-31-21-8-12-29-16-21/h1-7,9-11,15,17,21H,8,12-14,16H2. The van der Waals surface area contributed by atoms with Crippen LogP contribution in [0.1, 0.15) is 6.42 Å². The van der Waals surface area contributed by atoms with Crippen LogP contribution in [0.4, 0.5) is 0 Å². The third kappa shape index (κ3) is 4.23. The van der Waals surface area contributed by atoms with Crippen molar-refractivity contribution in [2.45, 2.75) is 12.5 Å². The number of hydrogen-bond acceptors (Lipinski definition) is 5. The van der Waals surface area contributed by atoms with E-state index in [4.69, 9.17) is 14.2 Å². The highest BCUT2D eigenvalue weighted by atomic mass is 16.6. The summed E-state index contributed by atoms with van der Waals surface area (Å²) in [5, 5.41) is 0.666. The van der Waals surface area contributed by atoms with Crippen LogP contribution in [-0.2, 0) is 9.47 Å². The molecule has 4 aromatic rings. The van der Waals surface area contributed by atoms with Crippen LogP contribution in [0.2, 0.25) is 0 Å². The van der Waals surface area contributed by atoms with Crippen LogP contribution in [0.15, 0.2) is 78.2 Å². The molecule has 0 radical (unpaired) electrons. The van der Waals surface area contributed by atoms with Crippen molar-refractivity contribution in [2.24, 2.45) is 0 Å². The zero-order valence-electron chi connectivity index (χ0n) is 17.0. The predicted molar refractivity (Wildman–Crippen MR) is 117 cm³/mol. The number of imidazole rings is 1. The van der Waals surface area contributed by atoms with Gasteiger partial charge in [-0.15, -0.1) is 0 Å². The Morgan fingerprint density at radius 1 is 1.03 bits per heavy atom. The van der Waals surface area contributed by atoms with Crippen molar-refractivity contribution >= 4 is 10.9 Å². The van der Waals surface area contributed by atoms with Crippen molar-refractivity contribution in [3.05, 3.63) is 83.7 Å². The summed E-state index contributed by atoms with van der Waals surface area (Å²) in [6, 6.07) is 15.2. The number of fused-ring (bicyclic) bond motifs is 1. The van der Waals surface area contributed by atoms with E-state index in [2.05, 4.69) is 4.98 Å². The lowest BCUT2D eigenvalue weighted by atomic mass is 10.1. The molecule has 5 rings (SSSR count). The molecule has 2 aromatic carbocycles. The molecule has 1 saturated heterocycles. The summed E-state index contributed by atoms with van der Waals surface area (Å²) in [4.78, 5) is 16.5. The molecule has 31 heavy (non-hydrogen) atoms. The number of ether oxygens (including phenoxy) is 3. The molecule has 7 nitrogen and oxygen atoms in total. The van der Waals surface area contributed by atoms with Gasteiger partial charge in [0.05, 0.1) is 31.2 Å². The molecule has 1 fully saturated rings. The molecule has 158 valence electrons. The van der Waals surface area contributed by atoms with Crippen molar-refractivity contribution in [1.29, 1.82) is 0 Å². The highest BCUT2D eigenvalue weighted by Gasteiger charge is 2.15. The van der Waals surface area contributed by atoms with E-state index < -0.39 is 0 Å². The molecule has 0 spiro atoms. The number of rotatable bonds is 7. The third-order valence-corrected chi connectivity index (χ3v) is 5.39. The van der Waals surface area contributed by atoms with E-state index in [1.165, 1.54) is 0 Å². The molecule has 0 N–H and O–H groups in total. The van der Waals surface area contributed by atoms with Crippen LogP contribution in [0.5, 0.6) is 5.75 Å². The summed E-state index contributed by atoms with van der Waals surface area (Å²) < 4.78 is 20.7. The van der Waals surface area contributed by atoms with Crippen molar-refractivity contribution in [3.63, 3.8) is 0 Å². The second-order valence-electron chi connectivity index (χ2n) is 7.42. The van der Waals surface area contributed by atoms with Crippen molar-refractivity contribution in [1.82, 2.24) is 14.1 Å². The molecule has 0 saturated carbocycles. The van der Waals surface area contributed by atoms with Crippen LogP contribution >= 0.6 is 0 Å². The number of benzene rings is 2. The first-order valence-electron chi connectivity index (χ1n) is 10.3. The molecule has 1 unspecified atom stereocenters. The fraction of sp³-hybridized carbons (Fsp3) is 0.250. The van der Waals surface area contributed by atoms with Crippen LogP contribution in [0.3, 0.4) is 0 Å². The Hall–Kier alpha value is -3.42. The van der Waals surface area contributed by atoms with Gasteiger partial charge >= 0.3 is 0 Å². The number of nitrogens with zero attached hydrogens (tertiary/aromatic N) is 3. The quantitative estimate of drug-likeness (QED) is 0.432. The zero-order chi connectivity index (χ0) is 21.0. The van der Waals surface area contributed by atoms with Crippen molar-refractivity contribution < 1.29 is 14.2 Å². The lowest BCUT2D eigenvalue weighted by Gasteiger charge is -2.14. The molecule has 0 bridgehead atoms. The lowest BCUT2D eigenvalue weighted by Crippen LogP contribution is -2.17. The molecule has 2 aromatic heterocycles. The first-order chi connectivity index (χ1) is 15.3. The fourth-order valence-corrected chi connectivity index (χ4v) is 3.76. The molecule has 1 atom stereocenters. The molecule has 3 heterocycles. The van der Waals surface area contributed by atoms with E-state index in [0.717, 1.165) is 35.7 Å². The van der Waals surface area contributed by atoms with E-state index >= 15 is 0 Å². The summed E-state index contributed by atoms with van der Waals surface area (Å²) in [7, 11) is 0. The van der Waals surface area contributed by atoms with Gasteiger partial charge in [0.1, 0.15) is 12.4 Å². The molecule has 1 aliphatic rings. The Labute approximate surface area is 179 Å². The smallest absolute Gasteiger partial charge is 0.189 e. The normalized spacial score (nSPS) is 16.1. The summed E-state index contributed by atoms with van der Waals surface area (Å²) in [6.07, 6.45) is 8.28. The molecule has 0 amide bonds. The predicted octanol–water partition coefficient (Wildman–Crippen LogP) is 3.36. The first-order valence-corrected chi connectivity index (χ1v) is 10.3. The van der Waals surface area contributed by atoms with Crippen LogP contribution in [0, 0.1) is 0 Å². The Morgan fingerprint density at radius 2 is 1.90 bits per heavy atom. The minimum atomic E-state index is -0.00366. The summed E-state index contributed by atoms with van der Waals surface area (Å²) >= 11 is 0. The maximum absolute atomic E-state index is 12.4. The summed E-state index contributed by atoms with van der Waals surface area (Å²) in [6.45, 7) is 2.48. The number of aromatic nitrogens is 3. The van der Waals surface area contributed by atoms with Gasteiger partial charge < -0.3 is 23.3 Å². The van der Waals surface area contributed by atoms with E-state index in [0.29, 0.717) is 25.2 Å². The monoisotopic (exact) mass is 417 g/mol. The van der Waals surface area contributed by atoms with Crippen LogP contribution in [-0.4, -0.2) is 46.6 Å². The fourth-order valence-electron chi connectivity index (χ4n) is 3.76. The average Bonchev–Trinajstić information content (AvgIpc) is 3.52. The maximum Gasteiger partial charge on any atom is 0.189 e. The van der Waals surface area contributed by atoms with Gasteiger partial charge in [0, 0.05) is 48.0 Å². The lowest BCUT2D eigenvalue weighted by molar-refractivity contribution is 0.0265. The Morgan fingerprint density at radius 3 is 2.68 bits per heavy atom. The van der Waals surface area contributed by atoms with Gasteiger partial charge in [-0.1, -0.05) is 0 Å². The molecule has 1 aliphatic heterocycles. The van der Waals surface area contributed by atoms with E-state index in [-0.39, 0.29) is 11.5 Å². The Kier molecular flexibility index (Phi) is 5.52. The van der Waals surface area contributed by atoms with Gasteiger partial charge in [-0.05, 0) is 48.9 Å². The molecule has 0 aliphatic carbocycles. The largest absolute Gasteiger partial charge is 0.491 e. The third-order valence-electron chi connectivity index (χ3n) is 5.39. The highest BCUT2D eigenvalue weighted by molar-refractivity contribution is 5.82. The van der Waals surface area contributed by atoms with Crippen LogP contribution < -0.4 is 10.2 Å². The van der Waals surface area contributed by atoms with E-state index in [1.807, 2.05) is 57.8 Å². The highest BCUT2D eigenvalue weighted by Crippen LogP contribution is 2.22. The maximum atomic E-state index is 12.4. The second-order valence-corrected chi connectivity index (χ2v) is 7.42. The topological polar surface area (TPSA) is 67.5 Å². The minimum Gasteiger partial charge on any atom is -0.491 e. The second kappa shape index (κ2) is 8.75. The van der Waals surface area contributed by atoms with E-state index in [9.17, 15) is 4.79 Å². The summed E-state index contributed by atoms with van der Waals surface area (Å²) in [5.74, 6) is 0.777. The molecular formula is C24H23N3O4. The van der Waals surface area contributed by atoms with Crippen molar-refractivity contribution in [2.75, 3.05) is 26.4 Å². The Bertz CT molecular complexity index is 1210. The first kappa shape index (κ1) is 19.5. The van der Waals surface area contributed by atoms with E-state index in [1.54, 1.807) is 24.8 Å². The van der Waals surface area contributed by atoms with Gasteiger partial charge in [0.2, 0.25) is 0 Å². The molecule has 7 heteroatoms. The van der Waals surface area contributed by atoms with Gasteiger partial charge in [0.25, 0.3) is 0 Å². The van der Waals surface area contributed by atoms with Crippen LogP contribution in [0.25, 0.3) is 22.3 Å². The SMILES string of the molecule is O=c1ccn(-c2ccc(OCCOC3CCOC3)cc2)c2cc(-n3ccnc3)ccc12. The van der Waals surface area contributed by atoms with Gasteiger partial charge in [-0.25, -0.2) is 4.98 Å². The zero-order valence-corrected chi connectivity index (χ0v) is 17.0. The van der Waals surface area contributed by atoms with Gasteiger partial charge in [-0.3, -0.25) is 4.79 Å². The average molecular weight is 417 g/mol. The van der Waals surface area contributed by atoms with Crippen molar-refractivity contribution in [3.8, 4) is 17.1 Å². The minimum absolute atomic E-state index is 0.00366. The Balaban J connectivity index is 1.35. The van der Waals surface area contributed by atoms with Gasteiger partial charge in [0.15, 0.2) is 5.43 Å².